The molecule has 0 saturated heterocycles. The summed E-state index contributed by atoms with van der Waals surface area (Å²) in [5, 5.41) is 8.66. The molecule has 2 nitrogen and oxygen atoms in total. The second-order valence-electron chi connectivity index (χ2n) is 9.77. The molecule has 39 heavy (non-hydrogen) atoms. The van der Waals surface area contributed by atoms with Crippen molar-refractivity contribution in [3.8, 4) is 22.3 Å². The minimum atomic E-state index is 0.877. The first kappa shape index (κ1) is 22.2. The van der Waals surface area contributed by atoms with E-state index in [-0.39, 0.29) is 0 Å². The van der Waals surface area contributed by atoms with Gasteiger partial charge in [-0.2, -0.15) is 0 Å². The number of fused-ring (bicyclic) bond motifs is 6. The third-order valence-electron chi connectivity index (χ3n) is 7.50. The van der Waals surface area contributed by atoms with Crippen LogP contribution in [-0.2, 0) is 0 Å². The Balaban J connectivity index is 1.34. The molecule has 3 heteroatoms. The number of hydrogen-bond acceptors (Lipinski definition) is 3. The Morgan fingerprint density at radius 2 is 1.08 bits per heavy atom. The summed E-state index contributed by atoms with van der Waals surface area (Å²) in [4.78, 5) is 0. The van der Waals surface area contributed by atoms with Gasteiger partial charge < -0.3 is 9.73 Å². The van der Waals surface area contributed by atoms with Crippen molar-refractivity contribution in [2.24, 2.45) is 0 Å². The Morgan fingerprint density at radius 3 is 2.00 bits per heavy atom. The largest absolute Gasteiger partial charge is 0.456 e. The van der Waals surface area contributed by atoms with Crippen molar-refractivity contribution in [1.82, 2.24) is 0 Å². The SMILES string of the molecule is c1ccc(-c2cccc3oc4cccc(Nc5ccccc5-c5cccc6sc7ccccc7c56)c4c23)cc1. The van der Waals surface area contributed by atoms with Gasteiger partial charge in [-0.05, 0) is 53.1 Å². The minimum Gasteiger partial charge on any atom is -0.456 e. The summed E-state index contributed by atoms with van der Waals surface area (Å²) >= 11 is 1.85. The fraction of sp³-hybridized carbons (Fsp3) is 0. The Labute approximate surface area is 229 Å². The standard InChI is InChI=1S/C36H23NOS/c1-2-11-23(12-3-1)24-15-8-19-30-35(24)36-29(18-10-20-31(36)38-30)37-28-17-6-4-13-25(28)26-16-9-22-33-34(26)27-14-5-7-21-32(27)39-33/h1-22,37H. The smallest absolute Gasteiger partial charge is 0.137 e. The molecule has 2 heterocycles. The van der Waals surface area contributed by atoms with Crippen LogP contribution >= 0.6 is 11.3 Å². The number of rotatable bonds is 4. The Hall–Kier alpha value is -4.86. The number of nitrogens with one attached hydrogen (secondary N) is 1. The molecule has 0 amide bonds. The molecule has 0 bridgehead atoms. The van der Waals surface area contributed by atoms with Gasteiger partial charge in [0.15, 0.2) is 0 Å². The van der Waals surface area contributed by atoms with E-state index in [1.54, 1.807) is 0 Å². The zero-order valence-corrected chi connectivity index (χ0v) is 21.8. The molecule has 6 aromatic carbocycles. The molecule has 0 radical (unpaired) electrons. The van der Waals surface area contributed by atoms with Gasteiger partial charge in [0.1, 0.15) is 11.2 Å². The number of anilines is 2. The van der Waals surface area contributed by atoms with E-state index >= 15 is 0 Å². The van der Waals surface area contributed by atoms with Crippen LogP contribution in [0.4, 0.5) is 11.4 Å². The fourth-order valence-electron chi connectivity index (χ4n) is 5.80. The van der Waals surface area contributed by atoms with E-state index < -0.39 is 0 Å². The third kappa shape index (κ3) is 3.55. The quantitative estimate of drug-likeness (QED) is 0.251. The van der Waals surface area contributed by atoms with E-state index in [1.807, 2.05) is 11.3 Å². The van der Waals surface area contributed by atoms with E-state index in [4.69, 9.17) is 4.42 Å². The van der Waals surface area contributed by atoms with E-state index in [0.29, 0.717) is 0 Å². The van der Waals surface area contributed by atoms with Crippen LogP contribution in [0, 0.1) is 0 Å². The van der Waals surface area contributed by atoms with Crippen LogP contribution in [0.2, 0.25) is 0 Å². The molecule has 0 aliphatic heterocycles. The van der Waals surface area contributed by atoms with Gasteiger partial charge in [-0.15, -0.1) is 11.3 Å². The van der Waals surface area contributed by atoms with E-state index in [1.165, 1.54) is 42.4 Å². The zero-order valence-electron chi connectivity index (χ0n) is 21.0. The molecule has 8 rings (SSSR count). The highest BCUT2D eigenvalue weighted by Crippen LogP contribution is 2.44. The molecule has 0 fully saturated rings. The summed E-state index contributed by atoms with van der Waals surface area (Å²) in [5.74, 6) is 0. The molecule has 0 spiro atoms. The van der Waals surface area contributed by atoms with Crippen LogP contribution in [0.5, 0.6) is 0 Å². The number of furan rings is 1. The van der Waals surface area contributed by atoms with Crippen LogP contribution in [0.1, 0.15) is 0 Å². The average molecular weight is 518 g/mol. The molecular weight excluding hydrogens is 494 g/mol. The summed E-state index contributed by atoms with van der Waals surface area (Å²) in [6.45, 7) is 0. The first-order chi connectivity index (χ1) is 19.3. The molecular formula is C36H23NOS. The van der Waals surface area contributed by atoms with Gasteiger partial charge >= 0.3 is 0 Å². The first-order valence-corrected chi connectivity index (χ1v) is 13.9. The van der Waals surface area contributed by atoms with E-state index in [9.17, 15) is 0 Å². The zero-order chi connectivity index (χ0) is 25.8. The van der Waals surface area contributed by atoms with Crippen molar-refractivity contribution < 1.29 is 4.42 Å². The molecule has 0 unspecified atom stereocenters. The van der Waals surface area contributed by atoms with Crippen LogP contribution in [0.3, 0.4) is 0 Å². The summed E-state index contributed by atoms with van der Waals surface area (Å²) in [7, 11) is 0. The van der Waals surface area contributed by atoms with Crippen LogP contribution in [-0.4, -0.2) is 0 Å². The lowest BCUT2D eigenvalue weighted by Crippen LogP contribution is -1.94. The predicted molar refractivity (Wildman–Crippen MR) is 167 cm³/mol. The molecule has 0 aliphatic rings. The molecule has 1 N–H and O–H groups in total. The summed E-state index contributed by atoms with van der Waals surface area (Å²) in [6, 6.07) is 47.0. The number of benzene rings is 6. The maximum Gasteiger partial charge on any atom is 0.137 e. The molecule has 8 aromatic rings. The van der Waals surface area contributed by atoms with Gasteiger partial charge in [0, 0.05) is 36.8 Å². The highest BCUT2D eigenvalue weighted by Gasteiger charge is 2.18. The second kappa shape index (κ2) is 8.87. The van der Waals surface area contributed by atoms with Crippen molar-refractivity contribution >= 4 is 64.8 Å². The van der Waals surface area contributed by atoms with Crippen LogP contribution in [0.25, 0.3) is 64.4 Å². The van der Waals surface area contributed by atoms with Crippen molar-refractivity contribution in [2.45, 2.75) is 0 Å². The average Bonchev–Trinajstić information content (AvgIpc) is 3.57. The number of hydrogen-bond donors (Lipinski definition) is 1. The monoisotopic (exact) mass is 517 g/mol. The van der Waals surface area contributed by atoms with E-state index in [2.05, 4.69) is 139 Å². The van der Waals surface area contributed by atoms with Crippen molar-refractivity contribution in [3.05, 3.63) is 133 Å². The maximum atomic E-state index is 6.36. The lowest BCUT2D eigenvalue weighted by Gasteiger charge is -2.15. The number of thiophene rings is 1. The van der Waals surface area contributed by atoms with Crippen molar-refractivity contribution in [1.29, 1.82) is 0 Å². The molecule has 184 valence electrons. The van der Waals surface area contributed by atoms with Gasteiger partial charge in [-0.25, -0.2) is 0 Å². The van der Waals surface area contributed by atoms with Crippen LogP contribution in [0.15, 0.2) is 138 Å². The molecule has 0 atom stereocenters. The van der Waals surface area contributed by atoms with Gasteiger partial charge in [-0.3, -0.25) is 0 Å². The van der Waals surface area contributed by atoms with Crippen molar-refractivity contribution in [2.75, 3.05) is 5.32 Å². The highest BCUT2D eigenvalue weighted by molar-refractivity contribution is 7.25. The Bertz CT molecular complexity index is 2150. The minimum absolute atomic E-state index is 0.877. The normalized spacial score (nSPS) is 11.6. The summed E-state index contributed by atoms with van der Waals surface area (Å²) in [5.41, 5.74) is 8.64. The Morgan fingerprint density at radius 1 is 0.436 bits per heavy atom. The summed E-state index contributed by atoms with van der Waals surface area (Å²) in [6.07, 6.45) is 0. The maximum absolute atomic E-state index is 6.36. The highest BCUT2D eigenvalue weighted by atomic mass is 32.1. The molecule has 0 saturated carbocycles. The van der Waals surface area contributed by atoms with Gasteiger partial charge in [0.05, 0.1) is 11.1 Å². The fourth-order valence-corrected chi connectivity index (χ4v) is 6.93. The van der Waals surface area contributed by atoms with Crippen LogP contribution < -0.4 is 5.32 Å². The van der Waals surface area contributed by atoms with Crippen molar-refractivity contribution in [3.63, 3.8) is 0 Å². The van der Waals surface area contributed by atoms with Gasteiger partial charge in [-0.1, -0.05) is 97.1 Å². The van der Waals surface area contributed by atoms with E-state index in [0.717, 1.165) is 33.3 Å². The van der Waals surface area contributed by atoms with Gasteiger partial charge in [0.2, 0.25) is 0 Å². The predicted octanol–water partition coefficient (Wildman–Crippen LogP) is 11.0. The second-order valence-corrected chi connectivity index (χ2v) is 10.9. The number of para-hydroxylation sites is 1. The third-order valence-corrected chi connectivity index (χ3v) is 8.63. The molecule has 2 aromatic heterocycles. The topological polar surface area (TPSA) is 25.2 Å². The summed E-state index contributed by atoms with van der Waals surface area (Å²) < 4.78 is 8.98. The lowest BCUT2D eigenvalue weighted by atomic mass is 9.97. The van der Waals surface area contributed by atoms with Gasteiger partial charge in [0.25, 0.3) is 0 Å². The lowest BCUT2D eigenvalue weighted by molar-refractivity contribution is 0.669. The Kier molecular flexibility index (Phi) is 5.04. The molecule has 0 aliphatic carbocycles. The first-order valence-electron chi connectivity index (χ1n) is 13.1.